The van der Waals surface area contributed by atoms with Gasteiger partial charge in [0, 0.05) is 47.3 Å². The molecule has 0 radical (unpaired) electrons. The van der Waals surface area contributed by atoms with Crippen molar-refractivity contribution in [1.29, 1.82) is 5.26 Å². The quantitative estimate of drug-likeness (QED) is 0.258. The second-order valence-electron chi connectivity index (χ2n) is 8.06. The SMILES string of the molecule is COC(=O)c1ccc(Cl)c(-c2ccc(C(=O)N[C@@H](Cc3c(F)cc(OC)cc3F)C(=O)N(C)C#N)cc2)c1. The molecular weight excluding hydrogens is 520 g/mol. The molecule has 3 rings (SSSR count). The Morgan fingerprint density at radius 3 is 2.18 bits per heavy atom. The number of carbonyl (C=O) groups is 3. The molecule has 196 valence electrons. The summed E-state index contributed by atoms with van der Waals surface area (Å²) in [6.07, 6.45) is 1.07. The predicted molar refractivity (Wildman–Crippen MR) is 134 cm³/mol. The third kappa shape index (κ3) is 6.25. The van der Waals surface area contributed by atoms with Crippen LogP contribution in [0.1, 0.15) is 26.3 Å². The molecule has 0 aromatic heterocycles. The molecule has 2 amide bonds. The molecule has 1 atom stereocenters. The van der Waals surface area contributed by atoms with E-state index < -0.39 is 47.4 Å². The Morgan fingerprint density at radius 1 is 1.03 bits per heavy atom. The van der Waals surface area contributed by atoms with Crippen LogP contribution in [0.3, 0.4) is 0 Å². The van der Waals surface area contributed by atoms with Crippen LogP contribution in [-0.4, -0.2) is 50.0 Å². The Labute approximate surface area is 222 Å². The topological polar surface area (TPSA) is 109 Å². The van der Waals surface area contributed by atoms with Crippen LogP contribution in [0.25, 0.3) is 11.1 Å². The number of likely N-dealkylation sites (N-methyl/N-ethyl adjacent to an activating group) is 1. The molecule has 11 heteroatoms. The van der Waals surface area contributed by atoms with Gasteiger partial charge in [-0.2, -0.15) is 5.26 Å². The molecule has 38 heavy (non-hydrogen) atoms. The van der Waals surface area contributed by atoms with Crippen molar-refractivity contribution in [3.8, 4) is 23.1 Å². The number of amides is 2. The van der Waals surface area contributed by atoms with Gasteiger partial charge in [-0.3, -0.25) is 14.5 Å². The van der Waals surface area contributed by atoms with E-state index in [1.54, 1.807) is 30.5 Å². The van der Waals surface area contributed by atoms with Crippen molar-refractivity contribution >= 4 is 29.4 Å². The van der Waals surface area contributed by atoms with E-state index in [4.69, 9.17) is 26.3 Å². The average Bonchev–Trinajstić information content (AvgIpc) is 2.93. The van der Waals surface area contributed by atoms with Crippen LogP contribution in [-0.2, 0) is 16.0 Å². The van der Waals surface area contributed by atoms with Gasteiger partial charge >= 0.3 is 5.97 Å². The van der Waals surface area contributed by atoms with E-state index in [9.17, 15) is 23.2 Å². The van der Waals surface area contributed by atoms with E-state index in [0.29, 0.717) is 21.0 Å². The summed E-state index contributed by atoms with van der Waals surface area (Å²) in [5, 5.41) is 11.9. The van der Waals surface area contributed by atoms with Gasteiger partial charge < -0.3 is 14.8 Å². The van der Waals surface area contributed by atoms with Gasteiger partial charge in [-0.25, -0.2) is 13.6 Å². The lowest BCUT2D eigenvalue weighted by molar-refractivity contribution is -0.129. The monoisotopic (exact) mass is 541 g/mol. The summed E-state index contributed by atoms with van der Waals surface area (Å²) >= 11 is 6.28. The van der Waals surface area contributed by atoms with Crippen molar-refractivity contribution in [2.75, 3.05) is 21.3 Å². The minimum absolute atomic E-state index is 0.0536. The molecule has 0 unspecified atom stereocenters. The lowest BCUT2D eigenvalue weighted by Crippen LogP contribution is -2.47. The first-order chi connectivity index (χ1) is 18.1. The highest BCUT2D eigenvalue weighted by Gasteiger charge is 2.28. The number of rotatable bonds is 8. The molecule has 0 bridgehead atoms. The minimum Gasteiger partial charge on any atom is -0.497 e. The van der Waals surface area contributed by atoms with Gasteiger partial charge in [-0.05, 0) is 35.9 Å². The lowest BCUT2D eigenvalue weighted by atomic mass is 10.0. The normalized spacial score (nSPS) is 11.2. The molecule has 0 fully saturated rings. The van der Waals surface area contributed by atoms with Gasteiger partial charge in [0.1, 0.15) is 23.4 Å². The number of ether oxygens (including phenoxy) is 2. The number of hydrogen-bond donors (Lipinski definition) is 1. The van der Waals surface area contributed by atoms with Gasteiger partial charge in [0.25, 0.3) is 11.8 Å². The van der Waals surface area contributed by atoms with E-state index >= 15 is 0 Å². The predicted octanol–water partition coefficient (Wildman–Crippen LogP) is 4.36. The first-order valence-electron chi connectivity index (χ1n) is 11.1. The number of carbonyl (C=O) groups excluding carboxylic acids is 3. The number of nitrogens with zero attached hydrogens (tertiary/aromatic N) is 2. The maximum absolute atomic E-state index is 14.5. The number of nitrogens with one attached hydrogen (secondary N) is 1. The number of hydrogen-bond acceptors (Lipinski definition) is 6. The molecule has 0 saturated carbocycles. The Hall–Kier alpha value is -4.49. The van der Waals surface area contributed by atoms with E-state index in [-0.39, 0.29) is 16.9 Å². The number of benzene rings is 3. The van der Waals surface area contributed by atoms with Gasteiger partial charge in [0.2, 0.25) is 0 Å². The van der Waals surface area contributed by atoms with Crippen molar-refractivity contribution in [3.05, 3.63) is 87.9 Å². The molecule has 3 aromatic rings. The highest BCUT2D eigenvalue weighted by atomic mass is 35.5. The Bertz CT molecular complexity index is 1400. The van der Waals surface area contributed by atoms with Crippen molar-refractivity contribution < 1.29 is 32.6 Å². The van der Waals surface area contributed by atoms with E-state index in [1.165, 1.54) is 39.5 Å². The van der Waals surface area contributed by atoms with Crippen LogP contribution in [0.5, 0.6) is 5.75 Å². The zero-order chi connectivity index (χ0) is 28.0. The fraction of sp³-hybridized carbons (Fsp3) is 0.185. The van der Waals surface area contributed by atoms with Crippen LogP contribution in [0.15, 0.2) is 54.6 Å². The molecule has 0 spiro atoms. The van der Waals surface area contributed by atoms with Crippen molar-refractivity contribution in [2.45, 2.75) is 12.5 Å². The highest BCUT2D eigenvalue weighted by molar-refractivity contribution is 6.33. The lowest BCUT2D eigenvalue weighted by Gasteiger charge is -2.21. The summed E-state index contributed by atoms with van der Waals surface area (Å²) in [5.41, 5.74) is 1.08. The fourth-order valence-electron chi connectivity index (χ4n) is 3.61. The van der Waals surface area contributed by atoms with Gasteiger partial charge in [0.05, 0.1) is 19.8 Å². The molecular formula is C27H22ClF2N3O5. The second kappa shape index (κ2) is 12.2. The first-order valence-corrected chi connectivity index (χ1v) is 11.5. The van der Waals surface area contributed by atoms with E-state index in [2.05, 4.69) is 5.32 Å². The third-order valence-corrected chi connectivity index (χ3v) is 6.02. The molecule has 1 N–H and O–H groups in total. The van der Waals surface area contributed by atoms with Crippen molar-refractivity contribution in [2.24, 2.45) is 0 Å². The summed E-state index contributed by atoms with van der Waals surface area (Å²) < 4.78 is 38.6. The van der Waals surface area contributed by atoms with Crippen LogP contribution in [0.4, 0.5) is 8.78 Å². The second-order valence-corrected chi connectivity index (χ2v) is 8.47. The molecule has 8 nitrogen and oxygen atoms in total. The summed E-state index contributed by atoms with van der Waals surface area (Å²) in [6, 6.07) is 11.1. The number of halogens is 3. The molecule has 3 aromatic carbocycles. The summed E-state index contributed by atoms with van der Waals surface area (Å²) in [6.45, 7) is 0. The molecule has 0 aliphatic carbocycles. The van der Waals surface area contributed by atoms with Crippen molar-refractivity contribution in [3.63, 3.8) is 0 Å². The Morgan fingerprint density at radius 2 is 1.63 bits per heavy atom. The van der Waals surface area contributed by atoms with Crippen LogP contribution in [0, 0.1) is 23.1 Å². The maximum atomic E-state index is 14.5. The maximum Gasteiger partial charge on any atom is 0.337 e. The number of nitriles is 1. The molecule has 0 aliphatic rings. The molecule has 0 heterocycles. The van der Waals surface area contributed by atoms with Gasteiger partial charge in [-0.1, -0.05) is 23.7 Å². The zero-order valence-electron chi connectivity index (χ0n) is 20.6. The number of esters is 1. The fourth-order valence-corrected chi connectivity index (χ4v) is 3.84. The van der Waals surface area contributed by atoms with Crippen LogP contribution in [0.2, 0.25) is 5.02 Å². The first kappa shape index (κ1) is 28.1. The number of methoxy groups -OCH3 is 2. The standard InChI is InChI=1S/C27H22ClF2N3O5/c1-33(14-31)26(35)24(13-20-22(29)11-18(37-2)12-23(20)30)32-25(34)16-6-4-15(5-7-16)19-10-17(27(36)38-3)8-9-21(19)28/h4-12,24H,13H2,1-3H3,(H,32,34)/t24-/m0/s1. The van der Waals surface area contributed by atoms with Crippen LogP contribution >= 0.6 is 11.6 Å². The molecule has 0 aliphatic heterocycles. The smallest absolute Gasteiger partial charge is 0.337 e. The Kier molecular flexibility index (Phi) is 8.99. The van der Waals surface area contributed by atoms with Crippen LogP contribution < -0.4 is 10.1 Å². The Balaban J connectivity index is 1.87. The summed E-state index contributed by atoms with van der Waals surface area (Å²) in [7, 11) is 3.68. The van der Waals surface area contributed by atoms with Gasteiger partial charge in [-0.15, -0.1) is 0 Å². The highest BCUT2D eigenvalue weighted by Crippen LogP contribution is 2.29. The van der Waals surface area contributed by atoms with E-state index in [0.717, 1.165) is 12.1 Å². The molecule has 0 saturated heterocycles. The zero-order valence-corrected chi connectivity index (χ0v) is 21.3. The summed E-state index contributed by atoms with van der Waals surface area (Å²) in [4.78, 5) is 38.2. The van der Waals surface area contributed by atoms with Crippen molar-refractivity contribution in [1.82, 2.24) is 10.2 Å². The third-order valence-electron chi connectivity index (χ3n) is 5.69. The minimum atomic E-state index is -1.45. The average molecular weight is 542 g/mol. The van der Waals surface area contributed by atoms with E-state index in [1.807, 2.05) is 0 Å². The summed E-state index contributed by atoms with van der Waals surface area (Å²) in [5.74, 6) is -4.11. The van der Waals surface area contributed by atoms with Gasteiger partial charge in [0.15, 0.2) is 6.19 Å². The largest absolute Gasteiger partial charge is 0.497 e.